The van der Waals surface area contributed by atoms with E-state index >= 15 is 0 Å². The molecule has 0 aliphatic carbocycles. The van der Waals surface area contributed by atoms with E-state index in [1.54, 1.807) is 6.33 Å². The van der Waals surface area contributed by atoms with Gasteiger partial charge in [-0.1, -0.05) is 36.4 Å². The van der Waals surface area contributed by atoms with Crippen molar-refractivity contribution in [2.75, 3.05) is 19.7 Å². The third-order valence-electron chi connectivity index (χ3n) is 4.63. The largest absolute Gasteiger partial charge is 0.375 e. The summed E-state index contributed by atoms with van der Waals surface area (Å²) in [6.07, 6.45) is 1.95. The molecule has 6 heteroatoms. The number of morpholine rings is 1. The lowest BCUT2D eigenvalue weighted by molar-refractivity contribution is -0.125. The maximum atomic E-state index is 12.6. The van der Waals surface area contributed by atoms with E-state index in [2.05, 4.69) is 20.6 Å². The Morgan fingerprint density at radius 2 is 2.12 bits per heavy atom. The highest BCUT2D eigenvalue weighted by Crippen LogP contribution is 2.25. The summed E-state index contributed by atoms with van der Waals surface area (Å²) in [5.41, 5.74) is 3.93. The number of amides is 1. The van der Waals surface area contributed by atoms with Gasteiger partial charge in [0, 0.05) is 13.1 Å². The van der Waals surface area contributed by atoms with Gasteiger partial charge in [-0.2, -0.15) is 0 Å². The van der Waals surface area contributed by atoms with Gasteiger partial charge in [0.05, 0.1) is 42.5 Å². The molecular weight excluding hydrogens is 328 g/mol. The average Bonchev–Trinajstić information content (AvgIpc) is 3.15. The summed E-state index contributed by atoms with van der Waals surface area (Å²) in [7, 11) is 0. The number of aromatic amines is 1. The van der Waals surface area contributed by atoms with Crippen molar-refractivity contribution < 1.29 is 9.53 Å². The number of nitrogens with zero attached hydrogens (tertiary/aromatic N) is 1. The van der Waals surface area contributed by atoms with Crippen molar-refractivity contribution in [3.63, 3.8) is 0 Å². The van der Waals surface area contributed by atoms with Crippen LogP contribution >= 0.6 is 0 Å². The second-order valence-electron chi connectivity index (χ2n) is 6.49. The number of nitrogens with one attached hydrogen (secondary N) is 3. The first-order chi connectivity index (χ1) is 12.8. The predicted molar refractivity (Wildman–Crippen MR) is 99.7 cm³/mol. The van der Waals surface area contributed by atoms with Crippen molar-refractivity contribution in [3.05, 3.63) is 66.0 Å². The first-order valence-corrected chi connectivity index (χ1v) is 8.89. The summed E-state index contributed by atoms with van der Waals surface area (Å²) in [6.45, 7) is 2.20. The lowest BCUT2D eigenvalue weighted by Gasteiger charge is -2.25. The highest BCUT2D eigenvalue weighted by molar-refractivity contribution is 5.79. The fourth-order valence-electron chi connectivity index (χ4n) is 3.31. The third kappa shape index (κ3) is 3.76. The van der Waals surface area contributed by atoms with Crippen molar-refractivity contribution in [1.29, 1.82) is 0 Å². The van der Waals surface area contributed by atoms with Gasteiger partial charge in [0.15, 0.2) is 0 Å². The summed E-state index contributed by atoms with van der Waals surface area (Å²) >= 11 is 0. The van der Waals surface area contributed by atoms with Crippen LogP contribution in [0.2, 0.25) is 0 Å². The van der Waals surface area contributed by atoms with E-state index in [4.69, 9.17) is 4.74 Å². The zero-order valence-electron chi connectivity index (χ0n) is 14.4. The number of H-pyrrole nitrogens is 1. The van der Waals surface area contributed by atoms with Crippen LogP contribution in [-0.2, 0) is 9.53 Å². The Kier molecular flexibility index (Phi) is 4.95. The number of rotatable bonds is 5. The molecule has 2 atom stereocenters. The van der Waals surface area contributed by atoms with E-state index in [9.17, 15) is 4.79 Å². The Morgan fingerprint density at radius 3 is 2.92 bits per heavy atom. The molecular formula is C20H22N4O2. The fourth-order valence-corrected chi connectivity index (χ4v) is 3.31. The van der Waals surface area contributed by atoms with Crippen molar-refractivity contribution in [1.82, 2.24) is 20.6 Å². The van der Waals surface area contributed by atoms with E-state index in [1.165, 1.54) is 0 Å². The van der Waals surface area contributed by atoms with E-state index < -0.39 is 0 Å². The van der Waals surface area contributed by atoms with Crippen LogP contribution in [0.4, 0.5) is 0 Å². The first-order valence-electron chi connectivity index (χ1n) is 8.89. The molecule has 1 fully saturated rings. The first kappa shape index (κ1) is 16.8. The molecule has 0 saturated carbocycles. The molecule has 1 aromatic heterocycles. The van der Waals surface area contributed by atoms with Crippen molar-refractivity contribution in [2.24, 2.45) is 0 Å². The van der Waals surface area contributed by atoms with Crippen LogP contribution in [0, 0.1) is 0 Å². The number of fused-ring (bicyclic) bond motifs is 1. The highest BCUT2D eigenvalue weighted by atomic mass is 16.5. The summed E-state index contributed by atoms with van der Waals surface area (Å²) in [4.78, 5) is 20.0. The van der Waals surface area contributed by atoms with Crippen molar-refractivity contribution in [3.8, 4) is 0 Å². The minimum Gasteiger partial charge on any atom is -0.375 e. The summed E-state index contributed by atoms with van der Waals surface area (Å²) in [6, 6.07) is 15.8. The smallest absolute Gasteiger partial charge is 0.223 e. The molecule has 0 bridgehead atoms. The Bertz CT molecular complexity index is 872. The summed E-state index contributed by atoms with van der Waals surface area (Å²) in [5.74, 6) is -0.0164. The highest BCUT2D eigenvalue weighted by Gasteiger charge is 2.21. The van der Waals surface area contributed by atoms with Gasteiger partial charge in [-0.3, -0.25) is 4.79 Å². The quantitative estimate of drug-likeness (QED) is 0.659. The molecule has 4 rings (SSSR count). The van der Waals surface area contributed by atoms with Crippen LogP contribution in [-0.4, -0.2) is 41.7 Å². The molecule has 3 aromatic rings. The van der Waals surface area contributed by atoms with Gasteiger partial charge in [-0.25, -0.2) is 4.98 Å². The molecule has 134 valence electrons. The Morgan fingerprint density at radius 1 is 1.23 bits per heavy atom. The second kappa shape index (κ2) is 7.68. The van der Waals surface area contributed by atoms with Crippen LogP contribution in [0.25, 0.3) is 11.0 Å². The zero-order valence-corrected chi connectivity index (χ0v) is 14.4. The van der Waals surface area contributed by atoms with E-state index in [0.29, 0.717) is 19.6 Å². The molecule has 0 radical (unpaired) electrons. The molecule has 1 aliphatic heterocycles. The Hall–Kier alpha value is -2.70. The van der Waals surface area contributed by atoms with Gasteiger partial charge in [0.1, 0.15) is 0 Å². The number of carbonyl (C=O) groups is 1. The topological polar surface area (TPSA) is 79.0 Å². The van der Waals surface area contributed by atoms with E-state index in [1.807, 2.05) is 48.5 Å². The van der Waals surface area contributed by atoms with Crippen LogP contribution < -0.4 is 10.6 Å². The minimum atomic E-state index is -0.215. The molecule has 3 N–H and O–H groups in total. The fraction of sp³-hybridized carbons (Fsp3) is 0.300. The van der Waals surface area contributed by atoms with Gasteiger partial charge in [-0.05, 0) is 23.3 Å². The molecule has 2 aromatic carbocycles. The molecule has 0 spiro atoms. The lowest BCUT2D eigenvalue weighted by Crippen LogP contribution is -2.42. The average molecular weight is 350 g/mol. The molecule has 6 nitrogen and oxygen atoms in total. The molecule has 26 heavy (non-hydrogen) atoms. The Labute approximate surface area is 152 Å². The molecule has 1 saturated heterocycles. The van der Waals surface area contributed by atoms with E-state index in [-0.39, 0.29) is 18.1 Å². The van der Waals surface area contributed by atoms with Gasteiger partial charge < -0.3 is 20.4 Å². The van der Waals surface area contributed by atoms with Crippen molar-refractivity contribution in [2.45, 2.75) is 18.6 Å². The molecule has 2 unspecified atom stereocenters. The van der Waals surface area contributed by atoms with Gasteiger partial charge in [0.25, 0.3) is 0 Å². The van der Waals surface area contributed by atoms with Crippen LogP contribution in [0.5, 0.6) is 0 Å². The van der Waals surface area contributed by atoms with Gasteiger partial charge in [-0.15, -0.1) is 0 Å². The van der Waals surface area contributed by atoms with Crippen molar-refractivity contribution >= 4 is 16.9 Å². The standard InChI is InChI=1S/C20H22N4O2/c25-19(11-16-12-21-8-9-26-16)24-20(14-4-2-1-3-5-14)15-6-7-17-18(10-15)23-13-22-17/h1-7,10,13,16,20-21H,8-9,11-12H2,(H,22,23)(H,24,25). The number of aromatic nitrogens is 2. The second-order valence-corrected chi connectivity index (χ2v) is 6.49. The molecule has 1 amide bonds. The van der Waals surface area contributed by atoms with Gasteiger partial charge >= 0.3 is 0 Å². The number of hydrogen-bond acceptors (Lipinski definition) is 4. The summed E-state index contributed by atoms with van der Waals surface area (Å²) < 4.78 is 5.65. The van der Waals surface area contributed by atoms with E-state index in [0.717, 1.165) is 28.7 Å². The number of imidazole rings is 1. The summed E-state index contributed by atoms with van der Waals surface area (Å²) in [5, 5.41) is 6.43. The third-order valence-corrected chi connectivity index (χ3v) is 4.63. The van der Waals surface area contributed by atoms with Crippen LogP contribution in [0.15, 0.2) is 54.9 Å². The molecule has 1 aliphatic rings. The number of carbonyl (C=O) groups excluding carboxylic acids is 1. The number of hydrogen-bond donors (Lipinski definition) is 3. The zero-order chi connectivity index (χ0) is 17.8. The van der Waals surface area contributed by atoms with Gasteiger partial charge in [0.2, 0.25) is 5.91 Å². The SMILES string of the molecule is O=C(CC1CNCCO1)NC(c1ccccc1)c1ccc2nc[nH]c2c1. The van der Waals surface area contributed by atoms with Crippen LogP contribution in [0.3, 0.4) is 0 Å². The minimum absolute atomic E-state index is 0.0164. The predicted octanol–water partition coefficient (Wildman–Crippen LogP) is 2.15. The monoisotopic (exact) mass is 350 g/mol. The lowest BCUT2D eigenvalue weighted by atomic mass is 9.98. The number of benzene rings is 2. The van der Waals surface area contributed by atoms with Crippen LogP contribution in [0.1, 0.15) is 23.6 Å². The maximum Gasteiger partial charge on any atom is 0.223 e. The normalized spacial score (nSPS) is 18.5. The maximum absolute atomic E-state index is 12.6. The molecule has 2 heterocycles. The Balaban J connectivity index is 1.57. The number of ether oxygens (including phenoxy) is 1.